The molecule has 0 radical (unpaired) electrons. The molecule has 0 bridgehead atoms. The molecule has 4 aliphatic rings. The Hall–Kier alpha value is -1.54. The van der Waals surface area contributed by atoms with Gasteiger partial charge in [-0.15, -0.1) is 0 Å². The van der Waals surface area contributed by atoms with Gasteiger partial charge in [-0.3, -0.25) is 0 Å². The highest BCUT2D eigenvalue weighted by molar-refractivity contribution is 5.53. The molecule has 0 aliphatic heterocycles. The lowest BCUT2D eigenvalue weighted by molar-refractivity contribution is 0.109. The minimum Gasteiger partial charge on any atom is -0.507 e. The monoisotopic (exact) mass is 462 g/mol. The summed E-state index contributed by atoms with van der Waals surface area (Å²) in [5.74, 6) is 1.92. The van der Waals surface area contributed by atoms with Gasteiger partial charge in [-0.1, -0.05) is 82.1 Å². The molecule has 186 valence electrons. The van der Waals surface area contributed by atoms with E-state index in [2.05, 4.69) is 38.1 Å². The van der Waals surface area contributed by atoms with Crippen LogP contribution in [0, 0.1) is 18.8 Å². The van der Waals surface area contributed by atoms with Gasteiger partial charge in [0.2, 0.25) is 0 Å². The van der Waals surface area contributed by atoms with Gasteiger partial charge in [0, 0.05) is 11.3 Å². The summed E-state index contributed by atoms with van der Waals surface area (Å²) < 4.78 is 0. The Kier molecular flexibility index (Phi) is 7.26. The fourth-order valence-electron chi connectivity index (χ4n) is 7.90. The van der Waals surface area contributed by atoms with E-state index in [1.54, 1.807) is 0 Å². The Morgan fingerprint density at radius 1 is 0.794 bits per heavy atom. The second-order valence-electron chi connectivity index (χ2n) is 12.1. The van der Waals surface area contributed by atoms with Gasteiger partial charge in [0.25, 0.3) is 0 Å². The van der Waals surface area contributed by atoms with E-state index in [4.69, 9.17) is 0 Å². The third kappa shape index (κ3) is 4.52. The van der Waals surface area contributed by atoms with Gasteiger partial charge in [0.15, 0.2) is 0 Å². The van der Waals surface area contributed by atoms with Crippen LogP contribution in [0.2, 0.25) is 0 Å². The fourth-order valence-corrected chi connectivity index (χ4v) is 7.90. The van der Waals surface area contributed by atoms with Gasteiger partial charge in [-0.25, -0.2) is 0 Å². The molecule has 2 atom stereocenters. The Morgan fingerprint density at radius 2 is 1.41 bits per heavy atom. The van der Waals surface area contributed by atoms with Gasteiger partial charge in [-0.05, 0) is 92.0 Å². The average molecular weight is 463 g/mol. The Labute approximate surface area is 207 Å². The van der Waals surface area contributed by atoms with Crippen molar-refractivity contribution in [1.82, 2.24) is 0 Å². The lowest BCUT2D eigenvalue weighted by Gasteiger charge is -2.44. The maximum atomic E-state index is 11.2. The smallest absolute Gasteiger partial charge is 0.121 e. The molecule has 3 fully saturated rings. The van der Waals surface area contributed by atoms with E-state index < -0.39 is 0 Å². The normalized spacial score (nSPS) is 28.9. The number of aromatic hydroxyl groups is 1. The molecule has 3 saturated carbocycles. The highest BCUT2D eigenvalue weighted by atomic mass is 16.3. The van der Waals surface area contributed by atoms with Gasteiger partial charge < -0.3 is 10.2 Å². The molecule has 0 saturated heterocycles. The molecule has 0 amide bonds. The first kappa shape index (κ1) is 24.2. The van der Waals surface area contributed by atoms with Crippen LogP contribution in [0.25, 0.3) is 0 Å². The highest BCUT2D eigenvalue weighted by Crippen LogP contribution is 2.51. The molecule has 0 aromatic heterocycles. The second kappa shape index (κ2) is 10.2. The largest absolute Gasteiger partial charge is 0.507 e. The molecule has 0 heterocycles. The number of benzene rings is 1. The Morgan fingerprint density at radius 3 is 2.09 bits per heavy atom. The summed E-state index contributed by atoms with van der Waals surface area (Å²) in [5.41, 5.74) is 6.32. The van der Waals surface area contributed by atoms with Crippen molar-refractivity contribution >= 4 is 0 Å². The fraction of sp³-hybridized carbons (Fsp3) is 0.688. The van der Waals surface area contributed by atoms with E-state index in [1.807, 2.05) is 0 Å². The third-order valence-corrected chi connectivity index (χ3v) is 9.97. The number of hydrogen-bond donors (Lipinski definition) is 2. The molecular formula is C32H46O2. The quantitative estimate of drug-likeness (QED) is 0.471. The van der Waals surface area contributed by atoms with Crippen molar-refractivity contribution in [2.75, 3.05) is 0 Å². The van der Waals surface area contributed by atoms with Gasteiger partial charge >= 0.3 is 0 Å². The molecule has 1 aromatic rings. The van der Waals surface area contributed by atoms with Crippen molar-refractivity contribution in [3.8, 4) is 5.75 Å². The maximum absolute atomic E-state index is 11.2. The maximum Gasteiger partial charge on any atom is 0.121 e. The predicted octanol–water partition coefficient (Wildman–Crippen LogP) is 8.39. The van der Waals surface area contributed by atoms with Gasteiger partial charge in [0.05, 0.1) is 6.10 Å². The second-order valence-corrected chi connectivity index (χ2v) is 12.1. The summed E-state index contributed by atoms with van der Waals surface area (Å²) in [6, 6.07) is 4.71. The summed E-state index contributed by atoms with van der Waals surface area (Å²) >= 11 is 0. The highest BCUT2D eigenvalue weighted by Gasteiger charge is 2.41. The first-order valence-corrected chi connectivity index (χ1v) is 14.4. The molecule has 2 heteroatoms. The van der Waals surface area contributed by atoms with Crippen molar-refractivity contribution in [3.63, 3.8) is 0 Å². The first-order chi connectivity index (χ1) is 16.5. The van der Waals surface area contributed by atoms with Crippen LogP contribution in [0.4, 0.5) is 0 Å². The number of phenols is 1. The number of phenolic OH excluding ortho intramolecular Hbond substituents is 1. The third-order valence-electron chi connectivity index (χ3n) is 9.97. The Bertz CT molecular complexity index is 921. The van der Waals surface area contributed by atoms with E-state index >= 15 is 0 Å². The summed E-state index contributed by atoms with van der Waals surface area (Å²) in [7, 11) is 0. The van der Waals surface area contributed by atoms with E-state index in [0.29, 0.717) is 17.6 Å². The molecule has 2 unspecified atom stereocenters. The summed E-state index contributed by atoms with van der Waals surface area (Å²) in [4.78, 5) is 0. The molecule has 0 spiro atoms. The standard InChI is InChI=1S/C32H46O2/c1-22-18-26(20-28(30(22)33)24-12-6-3-7-13-24)32(16-10-5-11-17-32)27-19-23(2)31(34)29(21-27)25-14-8-4-9-15-25/h18-21,24-25,28,30,33-34H,3-17H2,1-2H3. The number of aliphatic hydroxyl groups is 1. The topological polar surface area (TPSA) is 40.5 Å². The number of hydrogen-bond acceptors (Lipinski definition) is 2. The van der Waals surface area contributed by atoms with Crippen molar-refractivity contribution in [2.45, 2.75) is 128 Å². The van der Waals surface area contributed by atoms with Crippen LogP contribution < -0.4 is 0 Å². The SMILES string of the molecule is CC1=CC(C2(c3cc(C)c(O)c(C4CCCCC4)c3)CCCCC2)=CC(C2CCCCC2)C1O. The molecule has 2 nitrogen and oxygen atoms in total. The molecule has 2 N–H and O–H groups in total. The van der Waals surface area contributed by atoms with Crippen molar-refractivity contribution in [1.29, 1.82) is 0 Å². The van der Waals surface area contributed by atoms with Crippen molar-refractivity contribution in [3.05, 3.63) is 52.1 Å². The van der Waals surface area contributed by atoms with Crippen LogP contribution in [-0.4, -0.2) is 16.3 Å². The van der Waals surface area contributed by atoms with Crippen molar-refractivity contribution in [2.24, 2.45) is 11.8 Å². The summed E-state index contributed by atoms with van der Waals surface area (Å²) in [5, 5.41) is 22.3. The molecule has 1 aromatic carbocycles. The van der Waals surface area contributed by atoms with Crippen LogP contribution in [0.5, 0.6) is 5.75 Å². The lowest BCUT2D eigenvalue weighted by Crippen LogP contribution is -2.37. The van der Waals surface area contributed by atoms with Gasteiger partial charge in [-0.2, -0.15) is 0 Å². The van der Waals surface area contributed by atoms with Crippen molar-refractivity contribution < 1.29 is 10.2 Å². The van der Waals surface area contributed by atoms with E-state index in [1.165, 1.54) is 113 Å². The van der Waals surface area contributed by atoms with Crippen LogP contribution >= 0.6 is 0 Å². The van der Waals surface area contributed by atoms with Crippen LogP contribution in [0.3, 0.4) is 0 Å². The number of aliphatic hydroxyl groups excluding tert-OH is 1. The zero-order chi connectivity index (χ0) is 23.7. The van der Waals surface area contributed by atoms with Crippen LogP contribution in [0.15, 0.2) is 35.4 Å². The molecule has 5 rings (SSSR count). The number of allylic oxidation sites excluding steroid dienone is 2. The van der Waals surface area contributed by atoms with Gasteiger partial charge in [0.1, 0.15) is 5.75 Å². The predicted molar refractivity (Wildman–Crippen MR) is 141 cm³/mol. The molecule has 34 heavy (non-hydrogen) atoms. The minimum absolute atomic E-state index is 0.0223. The Balaban J connectivity index is 1.58. The molecule has 4 aliphatic carbocycles. The number of aryl methyl sites for hydroxylation is 1. The van der Waals surface area contributed by atoms with Crippen LogP contribution in [-0.2, 0) is 5.41 Å². The van der Waals surface area contributed by atoms with E-state index in [0.717, 1.165) is 11.1 Å². The van der Waals surface area contributed by atoms with E-state index in [-0.39, 0.29) is 17.4 Å². The first-order valence-electron chi connectivity index (χ1n) is 14.4. The average Bonchev–Trinajstić information content (AvgIpc) is 2.88. The van der Waals surface area contributed by atoms with Crippen LogP contribution in [0.1, 0.15) is 126 Å². The molecular weight excluding hydrogens is 416 g/mol. The summed E-state index contributed by atoms with van der Waals surface area (Å²) in [6.07, 6.45) is 23.6. The zero-order valence-corrected chi connectivity index (χ0v) is 21.6. The lowest BCUT2D eigenvalue weighted by atomic mass is 9.61. The van der Waals surface area contributed by atoms with E-state index in [9.17, 15) is 10.2 Å². The summed E-state index contributed by atoms with van der Waals surface area (Å²) in [6.45, 7) is 4.26. The zero-order valence-electron chi connectivity index (χ0n) is 21.6. The number of rotatable bonds is 4. The minimum atomic E-state index is -0.327.